The van der Waals surface area contributed by atoms with Crippen molar-refractivity contribution in [3.05, 3.63) is 12.2 Å². The number of carbonyl (C=O) groups excluding carboxylic acids is 6. The lowest BCUT2D eigenvalue weighted by Crippen LogP contribution is -2.52. The number of rotatable bonds is 15. The van der Waals surface area contributed by atoms with E-state index in [0.29, 0.717) is 44.9 Å². The number of nitrogens with zero attached hydrogens (tertiary/aromatic N) is 1. The first-order chi connectivity index (χ1) is 15.1. The van der Waals surface area contributed by atoms with Gasteiger partial charge in [-0.25, -0.2) is 4.79 Å². The summed E-state index contributed by atoms with van der Waals surface area (Å²) in [6, 6.07) is -2.19. The summed E-state index contributed by atoms with van der Waals surface area (Å²) in [6.07, 6.45) is 5.86. The van der Waals surface area contributed by atoms with Gasteiger partial charge in [0, 0.05) is 31.7 Å². The van der Waals surface area contributed by atoms with Crippen molar-refractivity contribution in [1.29, 1.82) is 0 Å². The van der Waals surface area contributed by atoms with Crippen LogP contribution in [0.3, 0.4) is 0 Å². The van der Waals surface area contributed by atoms with Crippen LogP contribution in [0.15, 0.2) is 12.2 Å². The zero-order valence-corrected chi connectivity index (χ0v) is 18.6. The number of nitrogens with two attached hydrogens (primary N) is 1. The molecule has 6 amide bonds. The Labute approximate surface area is 187 Å². The second kappa shape index (κ2) is 13.9. The molecule has 2 atom stereocenters. The minimum atomic E-state index is -0.792. The number of hydrogen-bond acceptors (Lipinski definition) is 6. The normalized spacial score (nSPS) is 14.9. The summed E-state index contributed by atoms with van der Waals surface area (Å²) >= 11 is 0. The zero-order valence-electron chi connectivity index (χ0n) is 18.6. The van der Waals surface area contributed by atoms with Gasteiger partial charge in [-0.05, 0) is 31.6 Å². The molecule has 0 unspecified atom stereocenters. The molecule has 0 aliphatic carbocycles. The van der Waals surface area contributed by atoms with E-state index in [1.54, 1.807) is 13.8 Å². The first-order valence-corrected chi connectivity index (χ1v) is 10.8. The Morgan fingerprint density at radius 1 is 1.03 bits per heavy atom. The van der Waals surface area contributed by atoms with E-state index in [4.69, 9.17) is 5.73 Å². The maximum Gasteiger partial charge on any atom is 0.312 e. The molecular weight excluding hydrogens is 418 g/mol. The predicted molar refractivity (Wildman–Crippen MR) is 116 cm³/mol. The Hall–Kier alpha value is -3.24. The van der Waals surface area contributed by atoms with Gasteiger partial charge < -0.3 is 26.5 Å². The molecule has 0 aromatic rings. The average molecular weight is 452 g/mol. The largest absolute Gasteiger partial charge is 0.352 e. The third-order valence-electron chi connectivity index (χ3n) is 4.93. The van der Waals surface area contributed by atoms with E-state index < -0.39 is 24.0 Å². The van der Waals surface area contributed by atoms with Crippen molar-refractivity contribution in [1.82, 2.24) is 20.9 Å². The molecule has 11 heteroatoms. The Balaban J connectivity index is 2.36. The Kier molecular flexibility index (Phi) is 11.7. The summed E-state index contributed by atoms with van der Waals surface area (Å²) in [5.41, 5.74) is 4.97. The SMILES string of the molecule is CC(C)[C@H](NC(=O)CCCCCN1C(=O)C=CC1=O)C(=O)N[C@H](C=O)CCCNC(N)=O. The predicted octanol–water partition coefficient (Wildman–Crippen LogP) is -0.255. The number of amides is 6. The zero-order chi connectivity index (χ0) is 24.1. The molecule has 1 aliphatic rings. The number of carbonyl (C=O) groups is 6. The lowest BCUT2D eigenvalue weighted by molar-refractivity contribution is -0.137. The minimum Gasteiger partial charge on any atom is -0.352 e. The molecule has 0 bridgehead atoms. The molecule has 0 aromatic heterocycles. The number of unbranched alkanes of at least 4 members (excludes halogenated alkanes) is 2. The molecule has 1 rings (SSSR count). The van der Waals surface area contributed by atoms with Crippen LogP contribution < -0.4 is 21.7 Å². The van der Waals surface area contributed by atoms with Gasteiger partial charge in [0.1, 0.15) is 12.3 Å². The van der Waals surface area contributed by atoms with Crippen LogP contribution in [0, 0.1) is 5.92 Å². The van der Waals surface area contributed by atoms with Gasteiger partial charge in [-0.1, -0.05) is 20.3 Å². The van der Waals surface area contributed by atoms with E-state index in [9.17, 15) is 28.8 Å². The van der Waals surface area contributed by atoms with Crippen LogP contribution >= 0.6 is 0 Å². The fourth-order valence-electron chi connectivity index (χ4n) is 3.14. The second-order valence-corrected chi connectivity index (χ2v) is 7.95. The first-order valence-electron chi connectivity index (χ1n) is 10.8. The van der Waals surface area contributed by atoms with Gasteiger partial charge in [-0.15, -0.1) is 0 Å². The summed E-state index contributed by atoms with van der Waals surface area (Å²) in [4.78, 5) is 70.9. The van der Waals surface area contributed by atoms with Gasteiger partial charge in [0.2, 0.25) is 11.8 Å². The van der Waals surface area contributed by atoms with E-state index in [2.05, 4.69) is 16.0 Å². The molecule has 178 valence electrons. The monoisotopic (exact) mass is 451 g/mol. The summed E-state index contributed by atoms with van der Waals surface area (Å²) in [5.74, 6) is -1.58. The van der Waals surface area contributed by atoms with Crippen LogP contribution in [0.5, 0.6) is 0 Å². The van der Waals surface area contributed by atoms with E-state index in [-0.39, 0.29) is 36.6 Å². The molecule has 5 N–H and O–H groups in total. The summed E-state index contributed by atoms with van der Waals surface area (Å²) in [6.45, 7) is 4.17. The number of nitrogens with one attached hydrogen (secondary N) is 3. The third kappa shape index (κ3) is 9.71. The van der Waals surface area contributed by atoms with Gasteiger partial charge in [-0.2, -0.15) is 0 Å². The molecule has 0 radical (unpaired) electrons. The number of imide groups is 1. The van der Waals surface area contributed by atoms with Gasteiger partial charge in [-0.3, -0.25) is 24.1 Å². The number of primary amides is 1. The van der Waals surface area contributed by atoms with Crippen LogP contribution in [0.2, 0.25) is 0 Å². The molecule has 0 fully saturated rings. The van der Waals surface area contributed by atoms with E-state index >= 15 is 0 Å². The molecule has 11 nitrogen and oxygen atoms in total. The van der Waals surface area contributed by atoms with Crippen LogP contribution in [0.25, 0.3) is 0 Å². The van der Waals surface area contributed by atoms with Crippen LogP contribution in [-0.4, -0.2) is 66.0 Å². The van der Waals surface area contributed by atoms with Gasteiger partial charge in [0.05, 0.1) is 6.04 Å². The highest BCUT2D eigenvalue weighted by atomic mass is 16.2. The van der Waals surface area contributed by atoms with Gasteiger partial charge in [0.25, 0.3) is 11.8 Å². The molecule has 0 aromatic carbocycles. The molecule has 1 heterocycles. The van der Waals surface area contributed by atoms with Crippen molar-refractivity contribution in [2.75, 3.05) is 13.1 Å². The fourth-order valence-corrected chi connectivity index (χ4v) is 3.14. The van der Waals surface area contributed by atoms with Gasteiger partial charge in [0.15, 0.2) is 0 Å². The molecule has 32 heavy (non-hydrogen) atoms. The third-order valence-corrected chi connectivity index (χ3v) is 4.93. The lowest BCUT2D eigenvalue weighted by Gasteiger charge is -2.23. The number of urea groups is 1. The van der Waals surface area contributed by atoms with E-state index in [1.807, 2.05) is 0 Å². The van der Waals surface area contributed by atoms with Crippen molar-refractivity contribution in [2.45, 2.75) is 64.5 Å². The standard InChI is InChI=1S/C21H33N5O6/c1-14(2)19(20(31)24-15(13-27)7-6-11-23-21(22)32)25-16(28)8-4-3-5-12-26-17(29)9-10-18(26)30/h9-10,13-15,19H,3-8,11-12H2,1-2H3,(H,24,31)(H,25,28)(H3,22,23,32)/t15-,19-/m0/s1. The van der Waals surface area contributed by atoms with E-state index in [1.165, 1.54) is 12.2 Å². The molecule has 0 saturated carbocycles. The maximum atomic E-state index is 12.6. The van der Waals surface area contributed by atoms with Crippen LogP contribution in [-0.2, 0) is 24.0 Å². The first kappa shape index (κ1) is 26.8. The quantitative estimate of drug-likeness (QED) is 0.152. The summed E-state index contributed by atoms with van der Waals surface area (Å²) < 4.78 is 0. The minimum absolute atomic E-state index is 0.192. The molecule has 0 saturated heterocycles. The van der Waals surface area contributed by atoms with Crippen LogP contribution in [0.1, 0.15) is 52.4 Å². The summed E-state index contributed by atoms with van der Waals surface area (Å²) in [5, 5.41) is 7.73. The molecular formula is C21H33N5O6. The Morgan fingerprint density at radius 2 is 1.69 bits per heavy atom. The maximum absolute atomic E-state index is 12.6. The van der Waals surface area contributed by atoms with Crippen molar-refractivity contribution in [3.8, 4) is 0 Å². The van der Waals surface area contributed by atoms with Crippen molar-refractivity contribution in [2.24, 2.45) is 11.7 Å². The highest BCUT2D eigenvalue weighted by Crippen LogP contribution is 2.09. The Morgan fingerprint density at radius 3 is 2.25 bits per heavy atom. The number of hydrogen-bond donors (Lipinski definition) is 4. The van der Waals surface area contributed by atoms with Gasteiger partial charge >= 0.3 is 6.03 Å². The average Bonchev–Trinajstić information content (AvgIpc) is 3.05. The molecule has 0 spiro atoms. The van der Waals surface area contributed by atoms with Crippen LogP contribution in [0.4, 0.5) is 4.79 Å². The second-order valence-electron chi connectivity index (χ2n) is 7.95. The number of aldehydes is 1. The fraction of sp³-hybridized carbons (Fsp3) is 0.619. The topological polar surface area (TPSA) is 168 Å². The highest BCUT2D eigenvalue weighted by molar-refractivity contribution is 6.12. The highest BCUT2D eigenvalue weighted by Gasteiger charge is 2.26. The summed E-state index contributed by atoms with van der Waals surface area (Å²) in [7, 11) is 0. The van der Waals surface area contributed by atoms with E-state index in [0.717, 1.165) is 4.90 Å². The van der Waals surface area contributed by atoms with Crippen molar-refractivity contribution in [3.63, 3.8) is 0 Å². The lowest BCUT2D eigenvalue weighted by atomic mass is 10.0. The van der Waals surface area contributed by atoms with Crippen molar-refractivity contribution < 1.29 is 28.8 Å². The molecule has 1 aliphatic heterocycles. The smallest absolute Gasteiger partial charge is 0.312 e. The van der Waals surface area contributed by atoms with Crippen molar-refractivity contribution >= 4 is 35.9 Å². The Bertz CT molecular complexity index is 718.